The van der Waals surface area contributed by atoms with Crippen molar-refractivity contribution in [3.63, 3.8) is 0 Å². The Labute approximate surface area is 121 Å². The van der Waals surface area contributed by atoms with E-state index in [2.05, 4.69) is 27.1 Å². The number of alkyl halides is 3. The highest BCUT2D eigenvalue weighted by molar-refractivity contribution is 5.41. The molecule has 0 aliphatic carbocycles. The lowest BCUT2D eigenvalue weighted by Crippen LogP contribution is -2.29. The summed E-state index contributed by atoms with van der Waals surface area (Å²) in [4.78, 5) is 9.36. The average Bonchev–Trinajstić information content (AvgIpc) is 2.87. The molecule has 1 unspecified atom stereocenters. The summed E-state index contributed by atoms with van der Waals surface area (Å²) in [6.45, 7) is 5.73. The van der Waals surface area contributed by atoms with Crippen LogP contribution in [0.1, 0.15) is 25.5 Å². The van der Waals surface area contributed by atoms with Crippen molar-refractivity contribution >= 4 is 11.8 Å². The maximum atomic E-state index is 12.6. The van der Waals surface area contributed by atoms with Gasteiger partial charge in [0.05, 0.1) is 0 Å². The molecule has 1 saturated heterocycles. The van der Waals surface area contributed by atoms with E-state index in [1.807, 2.05) is 0 Å². The number of nitrogens with one attached hydrogen (secondary N) is 1. The molecule has 0 saturated carbocycles. The zero-order valence-corrected chi connectivity index (χ0v) is 12.0. The number of aromatic nitrogens is 2. The van der Waals surface area contributed by atoms with E-state index in [1.165, 1.54) is 12.8 Å². The molecule has 1 atom stereocenters. The first-order valence-electron chi connectivity index (χ1n) is 7.02. The number of hydrogen-bond acceptors (Lipinski definition) is 5. The Morgan fingerprint density at radius 2 is 2.00 bits per heavy atom. The molecule has 0 bridgehead atoms. The van der Waals surface area contributed by atoms with Crippen molar-refractivity contribution in [2.75, 3.05) is 37.2 Å². The Hall–Kier alpha value is -1.57. The molecule has 1 aromatic rings. The largest absolute Gasteiger partial charge is 0.433 e. The van der Waals surface area contributed by atoms with Gasteiger partial charge in [-0.25, -0.2) is 4.98 Å². The summed E-state index contributed by atoms with van der Waals surface area (Å²) in [5.74, 6) is 0.0521. The van der Waals surface area contributed by atoms with Gasteiger partial charge in [-0.3, -0.25) is 0 Å². The van der Waals surface area contributed by atoms with Crippen LogP contribution < -0.4 is 11.1 Å². The molecule has 0 amide bonds. The lowest BCUT2D eigenvalue weighted by molar-refractivity contribution is -0.141. The van der Waals surface area contributed by atoms with Crippen molar-refractivity contribution in [2.24, 2.45) is 5.92 Å². The molecule has 118 valence electrons. The second-order valence-corrected chi connectivity index (χ2v) is 5.49. The van der Waals surface area contributed by atoms with Crippen LogP contribution in [0.2, 0.25) is 0 Å². The maximum absolute atomic E-state index is 12.6. The van der Waals surface area contributed by atoms with Gasteiger partial charge in [0, 0.05) is 19.2 Å². The van der Waals surface area contributed by atoms with Gasteiger partial charge in [-0.2, -0.15) is 18.2 Å². The molecule has 3 N–H and O–H groups in total. The van der Waals surface area contributed by atoms with E-state index >= 15 is 0 Å². The molecule has 1 aliphatic heterocycles. The lowest BCUT2D eigenvalue weighted by Gasteiger charge is -2.20. The van der Waals surface area contributed by atoms with Gasteiger partial charge in [0.25, 0.3) is 0 Å². The standard InChI is InChI=1S/C13H20F3N5/c1-9(8-21-4-2-3-5-21)7-18-11-6-10(13(14,15)16)19-12(17)20-11/h6,9H,2-5,7-8H2,1H3,(H3,17,18,19,20). The van der Waals surface area contributed by atoms with Gasteiger partial charge in [0.1, 0.15) is 5.82 Å². The first kappa shape index (κ1) is 15.8. The fraction of sp³-hybridized carbons (Fsp3) is 0.692. The van der Waals surface area contributed by atoms with Crippen LogP contribution in [-0.4, -0.2) is 41.0 Å². The molecule has 1 aromatic heterocycles. The minimum absolute atomic E-state index is 0.114. The number of likely N-dealkylation sites (tertiary alicyclic amines) is 1. The number of nitrogen functional groups attached to an aromatic ring is 1. The van der Waals surface area contributed by atoms with Crippen molar-refractivity contribution in [1.29, 1.82) is 0 Å². The van der Waals surface area contributed by atoms with E-state index in [4.69, 9.17) is 5.73 Å². The van der Waals surface area contributed by atoms with E-state index in [0.717, 1.165) is 25.7 Å². The minimum atomic E-state index is -4.52. The second-order valence-electron chi connectivity index (χ2n) is 5.49. The van der Waals surface area contributed by atoms with Gasteiger partial charge in [-0.15, -0.1) is 0 Å². The molecule has 2 heterocycles. The van der Waals surface area contributed by atoms with Crippen molar-refractivity contribution in [1.82, 2.24) is 14.9 Å². The van der Waals surface area contributed by atoms with Gasteiger partial charge in [0.15, 0.2) is 5.69 Å². The summed E-state index contributed by atoms with van der Waals surface area (Å²) >= 11 is 0. The zero-order valence-electron chi connectivity index (χ0n) is 12.0. The van der Waals surface area contributed by atoms with Crippen molar-refractivity contribution in [2.45, 2.75) is 25.9 Å². The summed E-state index contributed by atoms with van der Waals surface area (Å²) in [7, 11) is 0. The van der Waals surface area contributed by atoms with Gasteiger partial charge in [0.2, 0.25) is 5.95 Å². The monoisotopic (exact) mass is 303 g/mol. The number of rotatable bonds is 5. The Balaban J connectivity index is 1.91. The summed E-state index contributed by atoms with van der Waals surface area (Å²) in [6, 6.07) is 0.888. The fourth-order valence-electron chi connectivity index (χ4n) is 2.45. The van der Waals surface area contributed by atoms with Crippen molar-refractivity contribution in [3.05, 3.63) is 11.8 Å². The fourth-order valence-corrected chi connectivity index (χ4v) is 2.45. The van der Waals surface area contributed by atoms with Gasteiger partial charge >= 0.3 is 6.18 Å². The SMILES string of the molecule is CC(CNc1cc(C(F)(F)F)nc(N)n1)CN1CCCC1. The normalized spacial score (nSPS) is 17.9. The van der Waals surface area contributed by atoms with E-state index < -0.39 is 11.9 Å². The van der Waals surface area contributed by atoms with Gasteiger partial charge in [-0.05, 0) is 31.8 Å². The number of hydrogen-bond donors (Lipinski definition) is 2. The van der Waals surface area contributed by atoms with Gasteiger partial charge < -0.3 is 16.0 Å². The summed E-state index contributed by atoms with van der Waals surface area (Å²) in [6.07, 6.45) is -2.08. The van der Waals surface area contributed by atoms with Crippen LogP contribution in [-0.2, 0) is 6.18 Å². The molecular weight excluding hydrogens is 283 g/mol. The highest BCUT2D eigenvalue weighted by Gasteiger charge is 2.33. The van der Waals surface area contributed by atoms with Crippen LogP contribution in [0, 0.1) is 5.92 Å². The Morgan fingerprint density at radius 1 is 1.33 bits per heavy atom. The van der Waals surface area contributed by atoms with Crippen LogP contribution in [0.4, 0.5) is 24.9 Å². The molecule has 2 rings (SSSR count). The smallest absolute Gasteiger partial charge is 0.370 e. The third-order valence-corrected chi connectivity index (χ3v) is 3.43. The van der Waals surface area contributed by atoms with Crippen LogP contribution in [0.25, 0.3) is 0 Å². The Bertz CT molecular complexity index is 471. The van der Waals surface area contributed by atoms with E-state index in [-0.39, 0.29) is 11.8 Å². The Morgan fingerprint density at radius 3 is 2.62 bits per heavy atom. The van der Waals surface area contributed by atoms with E-state index in [9.17, 15) is 13.2 Å². The number of nitrogens with two attached hydrogens (primary N) is 1. The molecule has 0 radical (unpaired) electrons. The predicted molar refractivity (Wildman–Crippen MR) is 74.8 cm³/mol. The third-order valence-electron chi connectivity index (χ3n) is 3.43. The molecule has 1 fully saturated rings. The number of anilines is 2. The van der Waals surface area contributed by atoms with Crippen LogP contribution >= 0.6 is 0 Å². The highest BCUT2D eigenvalue weighted by atomic mass is 19.4. The van der Waals surface area contributed by atoms with Gasteiger partial charge in [-0.1, -0.05) is 6.92 Å². The quantitative estimate of drug-likeness (QED) is 0.873. The molecular formula is C13H20F3N5. The van der Waals surface area contributed by atoms with Crippen LogP contribution in [0.5, 0.6) is 0 Å². The number of halogens is 3. The van der Waals surface area contributed by atoms with Crippen molar-refractivity contribution in [3.8, 4) is 0 Å². The van der Waals surface area contributed by atoms with Crippen LogP contribution in [0.3, 0.4) is 0 Å². The van der Waals surface area contributed by atoms with E-state index in [1.54, 1.807) is 0 Å². The molecule has 5 nitrogen and oxygen atoms in total. The Kier molecular flexibility index (Phi) is 4.87. The molecule has 0 aromatic carbocycles. The third kappa shape index (κ3) is 4.73. The summed E-state index contributed by atoms with van der Waals surface area (Å²) < 4.78 is 37.9. The van der Waals surface area contributed by atoms with Crippen molar-refractivity contribution < 1.29 is 13.2 Å². The lowest BCUT2D eigenvalue weighted by atomic mass is 10.1. The molecule has 8 heteroatoms. The first-order chi connectivity index (χ1) is 9.84. The minimum Gasteiger partial charge on any atom is -0.370 e. The predicted octanol–water partition coefficient (Wildman–Crippen LogP) is 2.22. The number of nitrogens with zero attached hydrogens (tertiary/aromatic N) is 3. The second kappa shape index (κ2) is 6.46. The molecule has 0 spiro atoms. The highest BCUT2D eigenvalue weighted by Crippen LogP contribution is 2.29. The zero-order chi connectivity index (χ0) is 15.5. The summed E-state index contributed by atoms with van der Waals surface area (Å²) in [5.41, 5.74) is 4.30. The maximum Gasteiger partial charge on any atom is 0.433 e. The van der Waals surface area contributed by atoms with Crippen LogP contribution in [0.15, 0.2) is 6.07 Å². The molecule has 21 heavy (non-hydrogen) atoms. The average molecular weight is 303 g/mol. The topological polar surface area (TPSA) is 67.1 Å². The summed E-state index contributed by atoms with van der Waals surface area (Å²) in [5, 5.41) is 2.91. The van der Waals surface area contributed by atoms with E-state index in [0.29, 0.717) is 12.5 Å². The molecule has 1 aliphatic rings. The first-order valence-corrected chi connectivity index (χ1v) is 7.02.